The SMILES string of the molecule is COc1ccc([C@H](O)[C@@H](C)O[C@@H]2O[C@H](CO)[C@@H](O)[C@H](O)[C@H]2O)cc1. The number of benzene rings is 1. The second-order valence-electron chi connectivity index (χ2n) is 5.76. The normalized spacial score (nSPS) is 33.0. The summed E-state index contributed by atoms with van der Waals surface area (Å²) in [4.78, 5) is 0. The minimum absolute atomic E-state index is 0.541. The Labute approximate surface area is 139 Å². The van der Waals surface area contributed by atoms with Crippen molar-refractivity contribution in [2.24, 2.45) is 0 Å². The Kier molecular flexibility index (Phi) is 6.53. The molecule has 0 aromatic heterocycles. The van der Waals surface area contributed by atoms with Gasteiger partial charge in [0.15, 0.2) is 6.29 Å². The summed E-state index contributed by atoms with van der Waals surface area (Å²) >= 11 is 0. The van der Waals surface area contributed by atoms with Gasteiger partial charge in [-0.05, 0) is 24.6 Å². The highest BCUT2D eigenvalue weighted by Gasteiger charge is 2.44. The number of ether oxygens (including phenoxy) is 3. The van der Waals surface area contributed by atoms with E-state index in [4.69, 9.17) is 19.3 Å². The summed E-state index contributed by atoms with van der Waals surface area (Å²) in [5, 5.41) is 48.9. The first-order valence-corrected chi connectivity index (χ1v) is 7.67. The molecule has 0 radical (unpaired) electrons. The van der Waals surface area contributed by atoms with Crippen molar-refractivity contribution in [3.05, 3.63) is 29.8 Å². The molecule has 1 aliphatic heterocycles. The van der Waals surface area contributed by atoms with Crippen LogP contribution in [0.25, 0.3) is 0 Å². The van der Waals surface area contributed by atoms with Crippen LogP contribution in [0.1, 0.15) is 18.6 Å². The van der Waals surface area contributed by atoms with Gasteiger partial charge in [0.2, 0.25) is 0 Å². The quantitative estimate of drug-likeness (QED) is 0.441. The maximum absolute atomic E-state index is 10.3. The largest absolute Gasteiger partial charge is 0.497 e. The Morgan fingerprint density at radius 3 is 2.25 bits per heavy atom. The van der Waals surface area contributed by atoms with Crippen LogP contribution in [0, 0.1) is 0 Å². The molecule has 0 saturated carbocycles. The average Bonchev–Trinajstić information content (AvgIpc) is 2.61. The van der Waals surface area contributed by atoms with Gasteiger partial charge in [-0.3, -0.25) is 0 Å². The molecule has 0 amide bonds. The fourth-order valence-corrected chi connectivity index (χ4v) is 2.54. The summed E-state index contributed by atoms with van der Waals surface area (Å²) < 4.78 is 15.8. The molecule has 5 N–H and O–H groups in total. The standard InChI is InChI=1S/C16H24O8/c1-8(12(18)9-3-5-10(22-2)6-4-9)23-16-15(21)14(20)13(19)11(7-17)24-16/h3-6,8,11-21H,7H2,1-2H3/t8-,11-,12-,13-,14+,15-,16-/m1/s1. The summed E-state index contributed by atoms with van der Waals surface area (Å²) in [5.41, 5.74) is 0.577. The molecular weight excluding hydrogens is 320 g/mol. The minimum Gasteiger partial charge on any atom is -0.497 e. The number of rotatable bonds is 6. The molecule has 0 spiro atoms. The van der Waals surface area contributed by atoms with Gasteiger partial charge in [-0.25, -0.2) is 0 Å². The molecule has 1 saturated heterocycles. The highest BCUT2D eigenvalue weighted by Crippen LogP contribution is 2.27. The summed E-state index contributed by atoms with van der Waals surface area (Å²) in [6.45, 7) is 1.04. The first kappa shape index (κ1) is 19.1. The van der Waals surface area contributed by atoms with E-state index in [0.717, 1.165) is 0 Å². The summed E-state index contributed by atoms with van der Waals surface area (Å²) in [5.74, 6) is 0.647. The van der Waals surface area contributed by atoms with E-state index < -0.39 is 49.5 Å². The highest BCUT2D eigenvalue weighted by molar-refractivity contribution is 5.28. The number of hydrogen-bond donors (Lipinski definition) is 5. The topological polar surface area (TPSA) is 129 Å². The molecule has 7 atom stereocenters. The lowest BCUT2D eigenvalue weighted by Gasteiger charge is -2.41. The molecule has 8 heteroatoms. The van der Waals surface area contributed by atoms with Crippen LogP contribution in [-0.4, -0.2) is 76.1 Å². The van der Waals surface area contributed by atoms with Gasteiger partial charge in [-0.15, -0.1) is 0 Å². The van der Waals surface area contributed by atoms with E-state index in [2.05, 4.69) is 0 Å². The molecule has 1 heterocycles. The van der Waals surface area contributed by atoms with Crippen molar-refractivity contribution in [1.82, 2.24) is 0 Å². The van der Waals surface area contributed by atoms with Crippen molar-refractivity contribution in [2.45, 2.75) is 49.8 Å². The zero-order valence-electron chi connectivity index (χ0n) is 13.5. The van der Waals surface area contributed by atoms with Crippen LogP contribution in [0.5, 0.6) is 5.75 Å². The number of hydrogen-bond acceptors (Lipinski definition) is 8. The van der Waals surface area contributed by atoms with E-state index in [1.165, 1.54) is 7.11 Å². The zero-order valence-corrected chi connectivity index (χ0v) is 13.5. The molecule has 136 valence electrons. The van der Waals surface area contributed by atoms with Crippen LogP contribution >= 0.6 is 0 Å². The summed E-state index contributed by atoms with van der Waals surface area (Å²) in [7, 11) is 1.54. The lowest BCUT2D eigenvalue weighted by Crippen LogP contribution is -2.59. The molecule has 1 aromatic carbocycles. The van der Waals surface area contributed by atoms with Crippen LogP contribution in [-0.2, 0) is 9.47 Å². The smallest absolute Gasteiger partial charge is 0.187 e. The van der Waals surface area contributed by atoms with E-state index >= 15 is 0 Å². The Morgan fingerprint density at radius 2 is 1.71 bits per heavy atom. The van der Waals surface area contributed by atoms with Gasteiger partial charge in [-0.1, -0.05) is 12.1 Å². The van der Waals surface area contributed by atoms with E-state index in [-0.39, 0.29) is 0 Å². The predicted molar refractivity (Wildman–Crippen MR) is 82.3 cm³/mol. The molecule has 1 aromatic rings. The van der Waals surface area contributed by atoms with Crippen molar-refractivity contribution in [2.75, 3.05) is 13.7 Å². The van der Waals surface area contributed by atoms with Gasteiger partial charge in [0.25, 0.3) is 0 Å². The average molecular weight is 344 g/mol. The monoisotopic (exact) mass is 344 g/mol. The van der Waals surface area contributed by atoms with Crippen molar-refractivity contribution in [1.29, 1.82) is 0 Å². The van der Waals surface area contributed by atoms with Gasteiger partial charge in [0.1, 0.15) is 36.3 Å². The summed E-state index contributed by atoms with van der Waals surface area (Å²) in [6, 6.07) is 6.74. The molecular formula is C16H24O8. The van der Waals surface area contributed by atoms with Crippen LogP contribution in [0.3, 0.4) is 0 Å². The molecule has 1 aliphatic rings. The van der Waals surface area contributed by atoms with Gasteiger partial charge >= 0.3 is 0 Å². The van der Waals surface area contributed by atoms with Gasteiger partial charge in [0.05, 0.1) is 19.8 Å². The Hall–Kier alpha value is -1.26. The maximum Gasteiger partial charge on any atom is 0.187 e. The zero-order chi connectivity index (χ0) is 17.9. The predicted octanol–water partition coefficient (Wildman–Crippen LogP) is -1.07. The molecule has 0 aliphatic carbocycles. The van der Waals surface area contributed by atoms with Crippen molar-refractivity contribution in [3.63, 3.8) is 0 Å². The number of aliphatic hydroxyl groups excluding tert-OH is 5. The van der Waals surface area contributed by atoms with Crippen molar-refractivity contribution < 1.29 is 39.7 Å². The molecule has 0 unspecified atom stereocenters. The Balaban J connectivity index is 2.02. The molecule has 8 nitrogen and oxygen atoms in total. The molecule has 2 rings (SSSR count). The maximum atomic E-state index is 10.3. The van der Waals surface area contributed by atoms with Gasteiger partial charge in [-0.2, -0.15) is 0 Å². The van der Waals surface area contributed by atoms with Gasteiger partial charge < -0.3 is 39.7 Å². The van der Waals surface area contributed by atoms with E-state index in [1.54, 1.807) is 31.2 Å². The van der Waals surface area contributed by atoms with Crippen LogP contribution in [0.2, 0.25) is 0 Å². The number of methoxy groups -OCH3 is 1. The van der Waals surface area contributed by atoms with Crippen molar-refractivity contribution >= 4 is 0 Å². The first-order valence-electron chi connectivity index (χ1n) is 7.67. The van der Waals surface area contributed by atoms with E-state index in [1.807, 2.05) is 0 Å². The van der Waals surface area contributed by atoms with E-state index in [9.17, 15) is 20.4 Å². The van der Waals surface area contributed by atoms with Crippen LogP contribution in [0.4, 0.5) is 0 Å². The Morgan fingerprint density at radius 1 is 1.08 bits per heavy atom. The number of aliphatic hydroxyl groups is 5. The molecule has 24 heavy (non-hydrogen) atoms. The lowest BCUT2D eigenvalue weighted by molar-refractivity contribution is -0.315. The molecule has 0 bridgehead atoms. The van der Waals surface area contributed by atoms with Crippen LogP contribution in [0.15, 0.2) is 24.3 Å². The Bertz CT molecular complexity index is 505. The highest BCUT2D eigenvalue weighted by atomic mass is 16.7. The van der Waals surface area contributed by atoms with Crippen LogP contribution < -0.4 is 4.74 Å². The van der Waals surface area contributed by atoms with E-state index in [0.29, 0.717) is 11.3 Å². The lowest BCUT2D eigenvalue weighted by atomic mass is 9.99. The third-order valence-corrected chi connectivity index (χ3v) is 4.10. The van der Waals surface area contributed by atoms with Crippen molar-refractivity contribution in [3.8, 4) is 5.75 Å². The third-order valence-electron chi connectivity index (χ3n) is 4.10. The fourth-order valence-electron chi connectivity index (χ4n) is 2.54. The second-order valence-corrected chi connectivity index (χ2v) is 5.76. The summed E-state index contributed by atoms with van der Waals surface area (Å²) in [6.07, 6.45) is -8.61. The first-order chi connectivity index (χ1) is 11.4. The molecule has 1 fully saturated rings. The third kappa shape index (κ3) is 4.04. The fraction of sp³-hybridized carbons (Fsp3) is 0.625. The minimum atomic E-state index is -1.52. The second kappa shape index (κ2) is 8.21. The van der Waals surface area contributed by atoms with Gasteiger partial charge in [0, 0.05) is 0 Å².